The molecule has 0 bridgehead atoms. The van der Waals surface area contributed by atoms with Gasteiger partial charge in [0.25, 0.3) is 5.91 Å². The Labute approximate surface area is 127 Å². The number of hydrogen-bond donors (Lipinski definition) is 1. The van der Waals surface area contributed by atoms with Crippen molar-refractivity contribution in [2.24, 2.45) is 5.92 Å². The second-order valence-corrected chi connectivity index (χ2v) is 6.42. The number of rotatable bonds is 5. The number of likely N-dealkylation sites (tertiary alicyclic amines) is 1. The van der Waals surface area contributed by atoms with E-state index in [1.807, 2.05) is 11.3 Å². The van der Waals surface area contributed by atoms with Crippen LogP contribution >= 0.6 is 11.3 Å². The Morgan fingerprint density at radius 2 is 2.29 bits per heavy atom. The maximum atomic E-state index is 11.8. The van der Waals surface area contributed by atoms with Crippen molar-refractivity contribution in [3.63, 3.8) is 0 Å². The quantitative estimate of drug-likeness (QED) is 0.921. The summed E-state index contributed by atoms with van der Waals surface area (Å²) in [6.45, 7) is 3.96. The molecule has 1 saturated heterocycles. The van der Waals surface area contributed by atoms with Crippen LogP contribution in [0.3, 0.4) is 0 Å². The van der Waals surface area contributed by atoms with E-state index in [4.69, 9.17) is 4.52 Å². The first-order chi connectivity index (χ1) is 10.3. The molecule has 0 radical (unpaired) electrons. The molecule has 0 unspecified atom stereocenters. The van der Waals surface area contributed by atoms with E-state index in [1.165, 1.54) is 11.1 Å². The van der Waals surface area contributed by atoms with E-state index in [2.05, 4.69) is 32.9 Å². The van der Waals surface area contributed by atoms with Gasteiger partial charge in [-0.3, -0.25) is 9.69 Å². The SMILES string of the molecule is O=C(NCC1CCN(Cc2cccs2)CC1)c1ccno1. The normalized spacial score (nSPS) is 17.0. The van der Waals surface area contributed by atoms with Crippen LogP contribution in [0.1, 0.15) is 28.3 Å². The van der Waals surface area contributed by atoms with Crippen molar-refractivity contribution >= 4 is 17.2 Å². The van der Waals surface area contributed by atoms with E-state index < -0.39 is 0 Å². The number of piperidine rings is 1. The van der Waals surface area contributed by atoms with Crippen LogP contribution in [0.2, 0.25) is 0 Å². The maximum Gasteiger partial charge on any atom is 0.289 e. The molecule has 3 heterocycles. The van der Waals surface area contributed by atoms with Gasteiger partial charge in [0, 0.05) is 24.0 Å². The van der Waals surface area contributed by atoms with Crippen LogP contribution in [-0.2, 0) is 6.54 Å². The lowest BCUT2D eigenvalue weighted by Gasteiger charge is -2.31. The zero-order valence-electron chi connectivity index (χ0n) is 11.8. The van der Waals surface area contributed by atoms with Gasteiger partial charge in [0.1, 0.15) is 0 Å². The predicted molar refractivity (Wildman–Crippen MR) is 81.2 cm³/mol. The van der Waals surface area contributed by atoms with Crippen LogP contribution in [0.5, 0.6) is 0 Å². The minimum absolute atomic E-state index is 0.173. The van der Waals surface area contributed by atoms with Gasteiger partial charge in [0.2, 0.25) is 5.76 Å². The average Bonchev–Trinajstić information content (AvgIpc) is 3.19. The minimum Gasteiger partial charge on any atom is -0.351 e. The lowest BCUT2D eigenvalue weighted by Crippen LogP contribution is -2.38. The first kappa shape index (κ1) is 14.3. The van der Waals surface area contributed by atoms with Crippen LogP contribution < -0.4 is 5.32 Å². The number of carbonyl (C=O) groups excluding carboxylic acids is 1. The van der Waals surface area contributed by atoms with Crippen molar-refractivity contribution in [1.29, 1.82) is 0 Å². The molecule has 5 nitrogen and oxygen atoms in total. The van der Waals surface area contributed by atoms with Gasteiger partial charge in [-0.2, -0.15) is 0 Å². The first-order valence-electron chi connectivity index (χ1n) is 7.25. The third kappa shape index (κ3) is 3.92. The van der Waals surface area contributed by atoms with E-state index in [1.54, 1.807) is 6.07 Å². The molecule has 1 amide bonds. The zero-order chi connectivity index (χ0) is 14.5. The van der Waals surface area contributed by atoms with Gasteiger partial charge in [0.05, 0.1) is 6.20 Å². The maximum absolute atomic E-state index is 11.8. The fourth-order valence-corrected chi connectivity index (χ4v) is 3.37. The molecule has 0 saturated carbocycles. The summed E-state index contributed by atoms with van der Waals surface area (Å²) in [5.74, 6) is 0.662. The summed E-state index contributed by atoms with van der Waals surface area (Å²) in [7, 11) is 0. The molecule has 0 spiro atoms. The molecule has 112 valence electrons. The number of aromatic nitrogens is 1. The third-order valence-electron chi connectivity index (χ3n) is 3.88. The Morgan fingerprint density at radius 1 is 1.43 bits per heavy atom. The molecule has 21 heavy (non-hydrogen) atoms. The highest BCUT2D eigenvalue weighted by molar-refractivity contribution is 7.09. The van der Waals surface area contributed by atoms with Gasteiger partial charge in [-0.05, 0) is 43.3 Å². The van der Waals surface area contributed by atoms with Gasteiger partial charge < -0.3 is 9.84 Å². The molecule has 1 aliphatic rings. The summed E-state index contributed by atoms with van der Waals surface area (Å²) in [4.78, 5) is 15.7. The Bertz CT molecular complexity index is 546. The van der Waals surface area contributed by atoms with E-state index in [0.29, 0.717) is 12.5 Å². The van der Waals surface area contributed by atoms with Gasteiger partial charge in [-0.25, -0.2) is 0 Å². The lowest BCUT2D eigenvalue weighted by molar-refractivity contribution is 0.0898. The number of nitrogens with one attached hydrogen (secondary N) is 1. The molecule has 1 aliphatic heterocycles. The van der Waals surface area contributed by atoms with Crippen molar-refractivity contribution < 1.29 is 9.32 Å². The largest absolute Gasteiger partial charge is 0.351 e. The number of thiophene rings is 1. The van der Waals surface area contributed by atoms with Crippen LogP contribution in [0, 0.1) is 5.92 Å². The highest BCUT2D eigenvalue weighted by Crippen LogP contribution is 2.20. The van der Waals surface area contributed by atoms with Gasteiger partial charge >= 0.3 is 0 Å². The minimum atomic E-state index is -0.173. The number of hydrogen-bond acceptors (Lipinski definition) is 5. The summed E-state index contributed by atoms with van der Waals surface area (Å²) in [5.41, 5.74) is 0. The fraction of sp³-hybridized carbons (Fsp3) is 0.467. The van der Waals surface area contributed by atoms with E-state index in [-0.39, 0.29) is 11.7 Å². The molecule has 2 aromatic rings. The lowest BCUT2D eigenvalue weighted by atomic mass is 9.96. The van der Waals surface area contributed by atoms with Gasteiger partial charge in [-0.15, -0.1) is 11.3 Å². The number of amides is 1. The topological polar surface area (TPSA) is 58.4 Å². The van der Waals surface area contributed by atoms with Crippen LogP contribution in [-0.4, -0.2) is 35.6 Å². The number of carbonyl (C=O) groups is 1. The second-order valence-electron chi connectivity index (χ2n) is 5.39. The van der Waals surface area contributed by atoms with E-state index >= 15 is 0 Å². The molecular formula is C15H19N3O2S. The Balaban J connectivity index is 1.39. The number of nitrogens with zero attached hydrogens (tertiary/aromatic N) is 2. The summed E-state index contributed by atoms with van der Waals surface area (Å²) in [5, 5.41) is 8.59. The molecular weight excluding hydrogens is 286 g/mol. The predicted octanol–water partition coefficient (Wildman–Crippen LogP) is 2.38. The van der Waals surface area contributed by atoms with Crippen molar-refractivity contribution in [3.05, 3.63) is 40.4 Å². The molecule has 1 fully saturated rings. The van der Waals surface area contributed by atoms with Gasteiger partial charge in [-0.1, -0.05) is 11.2 Å². The third-order valence-corrected chi connectivity index (χ3v) is 4.74. The van der Waals surface area contributed by atoms with E-state index in [9.17, 15) is 4.79 Å². The average molecular weight is 305 g/mol. The van der Waals surface area contributed by atoms with Crippen LogP contribution in [0.25, 0.3) is 0 Å². The highest BCUT2D eigenvalue weighted by atomic mass is 32.1. The Morgan fingerprint density at radius 3 is 2.95 bits per heavy atom. The summed E-state index contributed by atoms with van der Waals surface area (Å²) >= 11 is 1.82. The smallest absolute Gasteiger partial charge is 0.289 e. The molecule has 2 aromatic heterocycles. The molecule has 0 atom stereocenters. The highest BCUT2D eigenvalue weighted by Gasteiger charge is 2.20. The first-order valence-corrected chi connectivity index (χ1v) is 8.13. The Hall–Kier alpha value is -1.66. The van der Waals surface area contributed by atoms with E-state index in [0.717, 1.165) is 32.5 Å². The van der Waals surface area contributed by atoms with Crippen LogP contribution in [0.15, 0.2) is 34.3 Å². The summed E-state index contributed by atoms with van der Waals surface area (Å²) in [6, 6.07) is 5.87. The Kier molecular flexibility index (Phi) is 4.67. The van der Waals surface area contributed by atoms with Crippen molar-refractivity contribution in [2.75, 3.05) is 19.6 Å². The molecule has 0 aliphatic carbocycles. The van der Waals surface area contributed by atoms with Crippen molar-refractivity contribution in [1.82, 2.24) is 15.4 Å². The molecule has 6 heteroatoms. The fourth-order valence-electron chi connectivity index (χ4n) is 2.63. The standard InChI is InChI=1S/C15H19N3O2S/c19-15(14-3-6-17-20-14)16-10-12-4-7-18(8-5-12)11-13-2-1-9-21-13/h1-3,6,9,12H,4-5,7-8,10-11H2,(H,16,19). The van der Waals surface area contributed by atoms with Crippen molar-refractivity contribution in [3.8, 4) is 0 Å². The molecule has 3 rings (SSSR count). The monoisotopic (exact) mass is 305 g/mol. The molecule has 0 aromatic carbocycles. The second kappa shape index (κ2) is 6.87. The van der Waals surface area contributed by atoms with Crippen LogP contribution in [0.4, 0.5) is 0 Å². The molecule has 1 N–H and O–H groups in total. The van der Waals surface area contributed by atoms with Gasteiger partial charge in [0.15, 0.2) is 0 Å². The van der Waals surface area contributed by atoms with Crippen molar-refractivity contribution in [2.45, 2.75) is 19.4 Å². The summed E-state index contributed by atoms with van der Waals surface area (Å²) < 4.78 is 4.84. The summed E-state index contributed by atoms with van der Waals surface area (Å²) in [6.07, 6.45) is 3.74. The zero-order valence-corrected chi connectivity index (χ0v) is 12.6.